The summed E-state index contributed by atoms with van der Waals surface area (Å²) < 4.78 is 42.4. The molecule has 0 spiro atoms. The first-order valence-corrected chi connectivity index (χ1v) is 13.6. The van der Waals surface area contributed by atoms with E-state index < -0.39 is 17.8 Å². The van der Waals surface area contributed by atoms with E-state index in [0.717, 1.165) is 15.9 Å². The summed E-state index contributed by atoms with van der Waals surface area (Å²) in [7, 11) is 0. The zero-order valence-corrected chi connectivity index (χ0v) is 24.1. The lowest BCUT2D eigenvalue weighted by molar-refractivity contribution is -0.182. The fraction of sp³-hybridized carbons (Fsp3) is 0.414. The highest BCUT2D eigenvalue weighted by molar-refractivity contribution is 6.35. The number of fused-ring (bicyclic) bond motifs is 1. The summed E-state index contributed by atoms with van der Waals surface area (Å²) in [6.07, 6.45) is -1.67. The molecule has 0 bridgehead atoms. The largest absolute Gasteiger partial charge is 0.413 e. The summed E-state index contributed by atoms with van der Waals surface area (Å²) in [5, 5.41) is 25.7. The van der Waals surface area contributed by atoms with Crippen molar-refractivity contribution in [1.29, 1.82) is 5.26 Å². The number of aryl methyl sites for hydroxylation is 2. The van der Waals surface area contributed by atoms with E-state index in [4.69, 9.17) is 11.6 Å². The summed E-state index contributed by atoms with van der Waals surface area (Å²) in [5.41, 5.74) is 2.50. The predicted molar refractivity (Wildman–Crippen MR) is 152 cm³/mol. The van der Waals surface area contributed by atoms with Crippen LogP contribution in [-0.2, 0) is 5.54 Å². The molecule has 8 nitrogen and oxygen atoms in total. The Balaban J connectivity index is 1.61. The van der Waals surface area contributed by atoms with Crippen molar-refractivity contribution in [3.8, 4) is 6.07 Å². The van der Waals surface area contributed by atoms with Crippen LogP contribution in [0.3, 0.4) is 0 Å². The van der Waals surface area contributed by atoms with Crippen LogP contribution < -0.4 is 10.6 Å². The average Bonchev–Trinajstić information content (AvgIpc) is 3.57. The van der Waals surface area contributed by atoms with Crippen LogP contribution in [0.15, 0.2) is 36.7 Å². The van der Waals surface area contributed by atoms with Crippen LogP contribution in [0.4, 0.5) is 24.5 Å². The number of nitrogens with zero attached hydrogens (tertiary/aromatic N) is 6. The molecule has 12 heteroatoms. The number of pyridine rings is 2. The molecule has 5 rings (SSSR count). The van der Waals surface area contributed by atoms with E-state index in [1.807, 2.05) is 32.0 Å². The first kappa shape index (κ1) is 28.6. The smallest absolute Gasteiger partial charge is 0.383 e. The lowest BCUT2D eigenvalue weighted by Crippen LogP contribution is -2.35. The first-order chi connectivity index (χ1) is 19.2. The van der Waals surface area contributed by atoms with Crippen molar-refractivity contribution in [2.45, 2.75) is 65.2 Å². The van der Waals surface area contributed by atoms with Crippen molar-refractivity contribution >= 4 is 33.9 Å². The monoisotopic (exact) mass is 582 g/mol. The van der Waals surface area contributed by atoms with E-state index >= 15 is 0 Å². The molecule has 1 fully saturated rings. The SMILES string of the molecule is Cc1ccc(C(Nc2cc(Cl)c3ncc(C#N)c(NCC(C)(C)C)c3c2)c2cn(C3(C(F)(F)F)CC3)nn2)c(C)n1. The number of aromatic nitrogens is 5. The number of rotatable bonds is 7. The van der Waals surface area contributed by atoms with Crippen LogP contribution >= 0.6 is 11.6 Å². The molecule has 3 aromatic heterocycles. The molecule has 1 aliphatic rings. The molecule has 0 amide bonds. The molecule has 1 saturated carbocycles. The average molecular weight is 583 g/mol. The van der Waals surface area contributed by atoms with E-state index in [9.17, 15) is 18.4 Å². The molecule has 214 valence electrons. The quantitative estimate of drug-likeness (QED) is 0.240. The highest BCUT2D eigenvalue weighted by Crippen LogP contribution is 2.55. The normalized spacial score (nSPS) is 15.4. The molecule has 0 radical (unpaired) electrons. The fourth-order valence-corrected chi connectivity index (χ4v) is 5.10. The fourth-order valence-electron chi connectivity index (χ4n) is 4.83. The Labute approximate surface area is 240 Å². The third-order valence-electron chi connectivity index (χ3n) is 7.23. The number of nitriles is 1. The Morgan fingerprint density at radius 1 is 1.17 bits per heavy atom. The van der Waals surface area contributed by atoms with Crippen LogP contribution in [0.1, 0.15) is 67.9 Å². The number of anilines is 2. The summed E-state index contributed by atoms with van der Waals surface area (Å²) in [6.45, 7) is 10.5. The van der Waals surface area contributed by atoms with Crippen LogP contribution in [0.5, 0.6) is 0 Å². The Kier molecular flexibility index (Phi) is 7.10. The van der Waals surface area contributed by atoms with Gasteiger partial charge in [0.2, 0.25) is 0 Å². The van der Waals surface area contributed by atoms with Gasteiger partial charge in [-0.1, -0.05) is 43.7 Å². The Morgan fingerprint density at radius 2 is 1.90 bits per heavy atom. The van der Waals surface area contributed by atoms with Crippen molar-refractivity contribution in [3.63, 3.8) is 0 Å². The molecule has 2 N–H and O–H groups in total. The number of halogens is 4. The standard InChI is InChI=1S/C29H30ClF3N8/c1-16-6-7-20(17(2)37-16)26(23-14-41(40-39-23)28(8-9-28)29(31,32)33)38-19-10-21-24(36-15-27(3,4)5)18(12-34)13-35-25(21)22(30)11-19/h6-7,10-11,13-14,26,38H,8-9,15H2,1-5H3,(H,35,36). The molecule has 1 aliphatic carbocycles. The number of nitrogens with one attached hydrogen (secondary N) is 2. The second-order valence-corrected chi connectivity index (χ2v) is 12.2. The maximum absolute atomic E-state index is 13.8. The zero-order valence-electron chi connectivity index (χ0n) is 23.4. The van der Waals surface area contributed by atoms with Crippen LogP contribution in [0.25, 0.3) is 10.9 Å². The van der Waals surface area contributed by atoms with Gasteiger partial charge in [-0.05, 0) is 50.3 Å². The van der Waals surface area contributed by atoms with Crippen molar-refractivity contribution in [2.75, 3.05) is 17.2 Å². The van der Waals surface area contributed by atoms with Crippen molar-refractivity contribution < 1.29 is 13.2 Å². The van der Waals surface area contributed by atoms with Crippen LogP contribution in [0, 0.1) is 30.6 Å². The third kappa shape index (κ3) is 5.53. The van der Waals surface area contributed by atoms with Gasteiger partial charge in [0.15, 0.2) is 5.54 Å². The highest BCUT2D eigenvalue weighted by atomic mass is 35.5. The maximum atomic E-state index is 13.8. The second kappa shape index (κ2) is 10.2. The van der Waals surface area contributed by atoms with Crippen molar-refractivity contribution in [2.24, 2.45) is 5.41 Å². The molecular formula is C29H30ClF3N8. The lowest BCUT2D eigenvalue weighted by Gasteiger charge is -2.23. The molecule has 1 atom stereocenters. The predicted octanol–water partition coefficient (Wildman–Crippen LogP) is 7.07. The van der Waals surface area contributed by atoms with Crippen LogP contribution in [-0.4, -0.2) is 37.7 Å². The zero-order chi connectivity index (χ0) is 29.7. The molecule has 0 aliphatic heterocycles. The Morgan fingerprint density at radius 3 is 2.51 bits per heavy atom. The van der Waals surface area contributed by atoms with E-state index in [0.29, 0.717) is 50.8 Å². The molecule has 41 heavy (non-hydrogen) atoms. The van der Waals surface area contributed by atoms with Gasteiger partial charge in [0.05, 0.1) is 34.0 Å². The third-order valence-corrected chi connectivity index (χ3v) is 7.51. The van der Waals surface area contributed by atoms with E-state index in [2.05, 4.69) is 57.8 Å². The van der Waals surface area contributed by atoms with Crippen molar-refractivity contribution in [3.05, 3.63) is 69.9 Å². The first-order valence-electron chi connectivity index (χ1n) is 13.2. The minimum Gasteiger partial charge on any atom is -0.383 e. The minimum atomic E-state index is -4.43. The molecule has 4 aromatic rings. The molecule has 0 saturated heterocycles. The molecule has 1 unspecified atom stereocenters. The van der Waals surface area contributed by atoms with Gasteiger partial charge in [-0.25, -0.2) is 4.68 Å². The number of benzene rings is 1. The summed E-state index contributed by atoms with van der Waals surface area (Å²) in [4.78, 5) is 8.98. The van der Waals surface area contributed by atoms with Gasteiger partial charge >= 0.3 is 6.18 Å². The number of hydrogen-bond donors (Lipinski definition) is 2. The van der Waals surface area contributed by atoms with Gasteiger partial charge in [0.1, 0.15) is 11.8 Å². The minimum absolute atomic E-state index is 0.0403. The van der Waals surface area contributed by atoms with Gasteiger partial charge in [-0.15, -0.1) is 5.10 Å². The Hall–Kier alpha value is -3.91. The molecular weight excluding hydrogens is 553 g/mol. The van der Waals surface area contributed by atoms with Gasteiger partial charge < -0.3 is 10.6 Å². The van der Waals surface area contributed by atoms with Gasteiger partial charge in [-0.2, -0.15) is 18.4 Å². The number of alkyl halides is 3. The highest BCUT2D eigenvalue weighted by Gasteiger charge is 2.66. The van der Waals surface area contributed by atoms with Crippen LogP contribution in [0.2, 0.25) is 5.02 Å². The van der Waals surface area contributed by atoms with Crippen molar-refractivity contribution in [1.82, 2.24) is 25.0 Å². The summed E-state index contributed by atoms with van der Waals surface area (Å²) in [6, 6.07) is 8.74. The lowest BCUT2D eigenvalue weighted by atomic mass is 9.96. The van der Waals surface area contributed by atoms with E-state index in [1.54, 1.807) is 6.07 Å². The van der Waals surface area contributed by atoms with E-state index in [-0.39, 0.29) is 18.3 Å². The molecule has 1 aromatic carbocycles. The van der Waals surface area contributed by atoms with Gasteiger partial charge in [-0.3, -0.25) is 9.97 Å². The maximum Gasteiger partial charge on any atom is 0.413 e. The second-order valence-electron chi connectivity index (χ2n) is 11.7. The summed E-state index contributed by atoms with van der Waals surface area (Å²) in [5.74, 6) is 0. The van der Waals surface area contributed by atoms with E-state index in [1.165, 1.54) is 12.4 Å². The molecule has 3 heterocycles. The number of hydrogen-bond acceptors (Lipinski definition) is 7. The van der Waals surface area contributed by atoms with Gasteiger partial charge in [0.25, 0.3) is 0 Å². The summed E-state index contributed by atoms with van der Waals surface area (Å²) >= 11 is 6.69. The van der Waals surface area contributed by atoms with Gasteiger partial charge in [0, 0.05) is 40.8 Å². The Bertz CT molecular complexity index is 1660. The topological polar surface area (TPSA) is 104 Å².